The van der Waals surface area contributed by atoms with Gasteiger partial charge in [0.1, 0.15) is 18.2 Å². The molecule has 3 rings (SSSR count). The molecule has 2 aromatic rings. The van der Waals surface area contributed by atoms with E-state index in [0.717, 1.165) is 24.4 Å². The van der Waals surface area contributed by atoms with Gasteiger partial charge in [-0.15, -0.1) is 0 Å². The Morgan fingerprint density at radius 1 is 1.21 bits per heavy atom. The van der Waals surface area contributed by atoms with Crippen molar-refractivity contribution in [1.82, 2.24) is 9.80 Å². The smallest absolute Gasteiger partial charge is 0.123 e. The minimum Gasteiger partial charge on any atom is -0.492 e. The summed E-state index contributed by atoms with van der Waals surface area (Å²) in [5, 5.41) is 0. The summed E-state index contributed by atoms with van der Waals surface area (Å²) >= 11 is 0. The Balaban J connectivity index is 1.87. The van der Waals surface area contributed by atoms with E-state index in [-0.39, 0.29) is 11.9 Å². The van der Waals surface area contributed by atoms with Crippen LogP contribution in [0.2, 0.25) is 0 Å². The van der Waals surface area contributed by atoms with Gasteiger partial charge in [0.05, 0.1) is 6.04 Å². The van der Waals surface area contributed by atoms with Crippen molar-refractivity contribution >= 4 is 0 Å². The fourth-order valence-corrected chi connectivity index (χ4v) is 3.26. The number of rotatable bonds is 4. The van der Waals surface area contributed by atoms with E-state index in [1.54, 1.807) is 12.1 Å². The van der Waals surface area contributed by atoms with Crippen LogP contribution in [0.15, 0.2) is 42.5 Å². The Labute approximate surface area is 143 Å². The van der Waals surface area contributed by atoms with Crippen LogP contribution in [0, 0.1) is 12.7 Å². The molecule has 0 amide bonds. The SMILES string of the molecule is Cc1ccc2c(c1)CN(Cc1cccc(F)c1)[C@H](CN(C)C)CO2. The van der Waals surface area contributed by atoms with Gasteiger partial charge in [-0.05, 0) is 44.8 Å². The van der Waals surface area contributed by atoms with Crippen LogP contribution in [0.4, 0.5) is 4.39 Å². The second-order valence-corrected chi connectivity index (χ2v) is 6.87. The van der Waals surface area contributed by atoms with E-state index in [1.165, 1.54) is 17.2 Å². The Hall–Kier alpha value is -1.91. The highest BCUT2D eigenvalue weighted by Crippen LogP contribution is 2.27. The molecule has 0 saturated heterocycles. The molecule has 24 heavy (non-hydrogen) atoms. The third-order valence-electron chi connectivity index (χ3n) is 4.39. The lowest BCUT2D eigenvalue weighted by Gasteiger charge is -2.31. The number of aryl methyl sites for hydroxylation is 1. The van der Waals surface area contributed by atoms with Crippen molar-refractivity contribution in [3.8, 4) is 5.75 Å². The predicted octanol–water partition coefficient (Wildman–Crippen LogP) is 3.46. The Morgan fingerprint density at radius 2 is 2.04 bits per heavy atom. The van der Waals surface area contributed by atoms with E-state index in [1.807, 2.05) is 6.07 Å². The second kappa shape index (κ2) is 7.32. The van der Waals surface area contributed by atoms with Crippen LogP contribution < -0.4 is 4.74 Å². The zero-order chi connectivity index (χ0) is 17.1. The van der Waals surface area contributed by atoms with Crippen LogP contribution in [0.5, 0.6) is 5.75 Å². The number of ether oxygens (including phenoxy) is 1. The van der Waals surface area contributed by atoms with Crippen LogP contribution >= 0.6 is 0 Å². The molecule has 0 aromatic heterocycles. The lowest BCUT2D eigenvalue weighted by molar-refractivity contribution is 0.113. The largest absolute Gasteiger partial charge is 0.492 e. The van der Waals surface area contributed by atoms with Crippen molar-refractivity contribution in [3.05, 3.63) is 65.0 Å². The van der Waals surface area contributed by atoms with Crippen LogP contribution in [-0.2, 0) is 13.1 Å². The monoisotopic (exact) mass is 328 g/mol. The molecule has 0 spiro atoms. The molecule has 4 heteroatoms. The van der Waals surface area contributed by atoms with E-state index in [9.17, 15) is 4.39 Å². The van der Waals surface area contributed by atoms with Gasteiger partial charge in [-0.2, -0.15) is 0 Å². The van der Waals surface area contributed by atoms with Crippen LogP contribution in [0.1, 0.15) is 16.7 Å². The quantitative estimate of drug-likeness (QED) is 0.855. The fourth-order valence-electron chi connectivity index (χ4n) is 3.26. The minimum absolute atomic E-state index is 0.182. The molecule has 3 nitrogen and oxygen atoms in total. The third-order valence-corrected chi connectivity index (χ3v) is 4.39. The molecule has 1 aliphatic heterocycles. The summed E-state index contributed by atoms with van der Waals surface area (Å²) in [5.74, 6) is 0.782. The van der Waals surface area contributed by atoms with Crippen molar-refractivity contribution in [3.63, 3.8) is 0 Å². The first-order valence-corrected chi connectivity index (χ1v) is 8.37. The van der Waals surface area contributed by atoms with Crippen molar-refractivity contribution in [2.75, 3.05) is 27.2 Å². The first-order valence-electron chi connectivity index (χ1n) is 8.37. The summed E-state index contributed by atoms with van der Waals surface area (Å²) in [7, 11) is 4.14. The molecule has 0 N–H and O–H groups in total. The normalized spacial score (nSPS) is 18.1. The maximum atomic E-state index is 13.5. The highest BCUT2D eigenvalue weighted by Gasteiger charge is 2.25. The second-order valence-electron chi connectivity index (χ2n) is 6.87. The van der Waals surface area contributed by atoms with Crippen LogP contribution in [-0.4, -0.2) is 43.1 Å². The molecule has 1 atom stereocenters. The number of fused-ring (bicyclic) bond motifs is 1. The molecule has 0 saturated carbocycles. The van der Waals surface area contributed by atoms with Gasteiger partial charge in [-0.1, -0.05) is 29.8 Å². The van der Waals surface area contributed by atoms with Gasteiger partial charge in [0.2, 0.25) is 0 Å². The summed E-state index contributed by atoms with van der Waals surface area (Å²) < 4.78 is 19.6. The van der Waals surface area contributed by atoms with E-state index < -0.39 is 0 Å². The van der Waals surface area contributed by atoms with Gasteiger partial charge < -0.3 is 9.64 Å². The highest BCUT2D eigenvalue weighted by molar-refractivity contribution is 5.37. The third kappa shape index (κ3) is 4.13. The highest BCUT2D eigenvalue weighted by atomic mass is 19.1. The number of benzene rings is 2. The summed E-state index contributed by atoms with van der Waals surface area (Å²) in [6.07, 6.45) is 0. The molecule has 1 heterocycles. The van der Waals surface area contributed by atoms with Crippen molar-refractivity contribution < 1.29 is 9.13 Å². The average Bonchev–Trinajstić information content (AvgIpc) is 2.67. The van der Waals surface area contributed by atoms with Crippen molar-refractivity contribution in [2.45, 2.75) is 26.1 Å². The first kappa shape index (κ1) is 16.9. The molecular formula is C20H25FN2O. The average molecular weight is 328 g/mol. The Bertz CT molecular complexity index is 702. The van der Waals surface area contributed by atoms with E-state index in [2.05, 4.69) is 49.0 Å². The molecule has 1 aliphatic rings. The Morgan fingerprint density at radius 3 is 2.79 bits per heavy atom. The number of hydrogen-bond donors (Lipinski definition) is 0. The lowest BCUT2D eigenvalue weighted by atomic mass is 10.1. The maximum Gasteiger partial charge on any atom is 0.123 e. The van der Waals surface area contributed by atoms with E-state index >= 15 is 0 Å². The minimum atomic E-state index is -0.182. The standard InChI is InChI=1S/C20H25FN2O/c1-15-7-8-20-17(9-15)12-23(19(14-24-20)13-22(2)3)11-16-5-4-6-18(21)10-16/h4-10,19H,11-14H2,1-3H3/t19-/m1/s1. The lowest BCUT2D eigenvalue weighted by Crippen LogP contribution is -2.43. The van der Waals surface area contributed by atoms with Gasteiger partial charge in [0.15, 0.2) is 0 Å². The predicted molar refractivity (Wildman–Crippen MR) is 94.7 cm³/mol. The summed E-state index contributed by atoms with van der Waals surface area (Å²) in [4.78, 5) is 4.56. The number of hydrogen-bond acceptors (Lipinski definition) is 3. The van der Waals surface area contributed by atoms with Gasteiger partial charge in [0, 0.05) is 25.2 Å². The molecular weight excluding hydrogens is 303 g/mol. The fraction of sp³-hybridized carbons (Fsp3) is 0.400. The zero-order valence-corrected chi connectivity index (χ0v) is 14.6. The van der Waals surface area contributed by atoms with Gasteiger partial charge in [-0.3, -0.25) is 4.90 Å². The van der Waals surface area contributed by atoms with Crippen LogP contribution in [0.25, 0.3) is 0 Å². The molecule has 0 radical (unpaired) electrons. The Kier molecular flexibility index (Phi) is 5.17. The van der Waals surface area contributed by atoms with Crippen molar-refractivity contribution in [2.24, 2.45) is 0 Å². The molecule has 0 aliphatic carbocycles. The van der Waals surface area contributed by atoms with Gasteiger partial charge in [0.25, 0.3) is 0 Å². The molecule has 0 bridgehead atoms. The topological polar surface area (TPSA) is 15.7 Å². The van der Waals surface area contributed by atoms with Gasteiger partial charge in [-0.25, -0.2) is 4.39 Å². The van der Waals surface area contributed by atoms with Gasteiger partial charge >= 0.3 is 0 Å². The van der Waals surface area contributed by atoms with E-state index in [4.69, 9.17) is 4.74 Å². The number of nitrogens with zero attached hydrogens (tertiary/aromatic N) is 2. The number of likely N-dealkylation sites (N-methyl/N-ethyl adjacent to an activating group) is 1. The summed E-state index contributed by atoms with van der Waals surface area (Å²) in [6.45, 7) is 5.17. The zero-order valence-electron chi connectivity index (χ0n) is 14.6. The molecule has 2 aromatic carbocycles. The maximum absolute atomic E-state index is 13.5. The van der Waals surface area contributed by atoms with E-state index in [0.29, 0.717) is 13.2 Å². The summed E-state index contributed by atoms with van der Waals surface area (Å²) in [5.41, 5.74) is 3.43. The van der Waals surface area contributed by atoms with Crippen molar-refractivity contribution in [1.29, 1.82) is 0 Å². The van der Waals surface area contributed by atoms with Crippen LogP contribution in [0.3, 0.4) is 0 Å². The molecule has 0 unspecified atom stereocenters. The summed E-state index contributed by atoms with van der Waals surface area (Å²) in [6, 6.07) is 13.5. The molecule has 128 valence electrons. The molecule has 0 fully saturated rings. The number of halogens is 1. The first-order chi connectivity index (χ1) is 11.5.